The molecule has 0 radical (unpaired) electrons. The molecule has 0 aromatic carbocycles. The molecule has 1 fully saturated rings. The van der Waals surface area contributed by atoms with E-state index in [9.17, 15) is 0 Å². The first kappa shape index (κ1) is 12.7. The van der Waals surface area contributed by atoms with Gasteiger partial charge in [0.05, 0.1) is 18.0 Å². The third kappa shape index (κ3) is 3.18. The zero-order valence-electron chi connectivity index (χ0n) is 10.9. The van der Waals surface area contributed by atoms with Gasteiger partial charge < -0.3 is 10.1 Å². The minimum absolute atomic E-state index is 0.561. The zero-order valence-corrected chi connectivity index (χ0v) is 11.7. The molecule has 0 spiro atoms. The predicted molar refractivity (Wildman–Crippen MR) is 75.9 cm³/mol. The first-order chi connectivity index (χ1) is 9.36. The molecule has 1 N–H and O–H groups in total. The maximum absolute atomic E-state index is 5.24. The minimum Gasteiger partial charge on any atom is -0.378 e. The van der Waals surface area contributed by atoms with Crippen molar-refractivity contribution in [3.63, 3.8) is 0 Å². The van der Waals surface area contributed by atoms with Crippen LogP contribution in [0.15, 0.2) is 24.4 Å². The molecule has 0 unspecified atom stereocenters. The summed E-state index contributed by atoms with van der Waals surface area (Å²) in [7, 11) is 1.71. The van der Waals surface area contributed by atoms with E-state index in [-0.39, 0.29) is 0 Å². The lowest BCUT2D eigenvalue weighted by Gasteiger charge is -2.02. The van der Waals surface area contributed by atoms with E-state index in [0.717, 1.165) is 22.9 Å². The van der Waals surface area contributed by atoms with E-state index in [2.05, 4.69) is 15.3 Å². The van der Waals surface area contributed by atoms with E-state index >= 15 is 0 Å². The number of methoxy groups -OCH3 is 1. The molecule has 0 aliphatic heterocycles. The van der Waals surface area contributed by atoms with Gasteiger partial charge in [0.15, 0.2) is 0 Å². The van der Waals surface area contributed by atoms with Crippen molar-refractivity contribution in [1.82, 2.24) is 15.3 Å². The predicted octanol–water partition coefficient (Wildman–Crippen LogP) is 2.60. The Kier molecular flexibility index (Phi) is 3.87. The normalized spacial score (nSPS) is 14.8. The molecular formula is C14H17N3OS. The van der Waals surface area contributed by atoms with Gasteiger partial charge in [0.25, 0.3) is 0 Å². The fourth-order valence-electron chi connectivity index (χ4n) is 1.89. The fourth-order valence-corrected chi connectivity index (χ4v) is 2.89. The van der Waals surface area contributed by atoms with Gasteiger partial charge in [0, 0.05) is 30.8 Å². The van der Waals surface area contributed by atoms with Gasteiger partial charge in [-0.15, -0.1) is 11.3 Å². The highest BCUT2D eigenvalue weighted by atomic mass is 32.1. The van der Waals surface area contributed by atoms with E-state index in [0.29, 0.717) is 12.6 Å². The molecule has 2 aromatic rings. The monoisotopic (exact) mass is 275 g/mol. The van der Waals surface area contributed by atoms with Crippen molar-refractivity contribution in [2.45, 2.75) is 32.0 Å². The van der Waals surface area contributed by atoms with Crippen molar-refractivity contribution >= 4 is 11.3 Å². The van der Waals surface area contributed by atoms with Crippen LogP contribution in [-0.4, -0.2) is 23.1 Å². The molecule has 0 saturated heterocycles. The molecule has 0 amide bonds. The topological polar surface area (TPSA) is 47.0 Å². The van der Waals surface area contributed by atoms with Gasteiger partial charge in [-0.1, -0.05) is 6.07 Å². The van der Waals surface area contributed by atoms with E-state index in [1.165, 1.54) is 17.7 Å². The minimum atomic E-state index is 0.561. The summed E-state index contributed by atoms with van der Waals surface area (Å²) in [5.41, 5.74) is 1.96. The standard InChI is InChI=1S/C14H17N3OS/c1-18-9-12-13(8-16-10-5-6-10)19-14(17-12)11-4-2-3-7-15-11/h2-4,7,10,16H,5-6,8-9H2,1H3. The second-order valence-corrected chi connectivity index (χ2v) is 5.78. The first-order valence-electron chi connectivity index (χ1n) is 6.49. The van der Waals surface area contributed by atoms with Crippen LogP contribution in [-0.2, 0) is 17.9 Å². The summed E-state index contributed by atoms with van der Waals surface area (Å²) in [5, 5.41) is 4.50. The number of nitrogens with one attached hydrogen (secondary N) is 1. The molecular weight excluding hydrogens is 258 g/mol. The number of hydrogen-bond donors (Lipinski definition) is 1. The molecule has 3 rings (SSSR count). The average Bonchev–Trinajstić information content (AvgIpc) is 3.19. The van der Waals surface area contributed by atoms with Crippen LogP contribution in [0.4, 0.5) is 0 Å². The number of hydrogen-bond acceptors (Lipinski definition) is 5. The molecule has 1 aliphatic carbocycles. The molecule has 2 aromatic heterocycles. The Hall–Kier alpha value is -1.30. The summed E-state index contributed by atoms with van der Waals surface area (Å²) < 4.78 is 5.24. The maximum Gasteiger partial charge on any atom is 0.142 e. The molecule has 5 heteroatoms. The fraction of sp³-hybridized carbons (Fsp3) is 0.429. The zero-order chi connectivity index (χ0) is 13.1. The molecule has 0 atom stereocenters. The Morgan fingerprint density at radius 1 is 1.42 bits per heavy atom. The summed E-state index contributed by atoms with van der Waals surface area (Å²) in [6, 6.07) is 6.61. The van der Waals surface area contributed by atoms with Crippen LogP contribution < -0.4 is 5.32 Å². The van der Waals surface area contributed by atoms with Crippen molar-refractivity contribution in [3.8, 4) is 10.7 Å². The Labute approximate surface area is 116 Å². The van der Waals surface area contributed by atoms with Gasteiger partial charge in [-0.05, 0) is 25.0 Å². The van der Waals surface area contributed by atoms with E-state index < -0.39 is 0 Å². The SMILES string of the molecule is COCc1nc(-c2ccccn2)sc1CNC1CC1. The molecule has 1 aliphatic rings. The van der Waals surface area contributed by atoms with Crippen LogP contribution in [0.1, 0.15) is 23.4 Å². The second kappa shape index (κ2) is 5.77. The van der Waals surface area contributed by atoms with Gasteiger partial charge in [0.1, 0.15) is 5.01 Å². The number of nitrogens with zero attached hydrogens (tertiary/aromatic N) is 2. The summed E-state index contributed by atoms with van der Waals surface area (Å²) in [6.07, 6.45) is 4.39. The number of thiazole rings is 1. The highest BCUT2D eigenvalue weighted by molar-refractivity contribution is 7.15. The summed E-state index contributed by atoms with van der Waals surface area (Å²) in [5.74, 6) is 0. The third-order valence-electron chi connectivity index (χ3n) is 3.07. The molecule has 0 bridgehead atoms. The van der Waals surface area contributed by atoms with Crippen LogP contribution >= 0.6 is 11.3 Å². The van der Waals surface area contributed by atoms with Crippen molar-refractivity contribution < 1.29 is 4.74 Å². The van der Waals surface area contributed by atoms with Crippen molar-refractivity contribution in [2.75, 3.05) is 7.11 Å². The highest BCUT2D eigenvalue weighted by Crippen LogP contribution is 2.28. The molecule has 19 heavy (non-hydrogen) atoms. The number of aromatic nitrogens is 2. The number of ether oxygens (including phenoxy) is 1. The molecule has 1 saturated carbocycles. The number of pyridine rings is 1. The van der Waals surface area contributed by atoms with E-state index in [4.69, 9.17) is 4.74 Å². The summed E-state index contributed by atoms with van der Waals surface area (Å²) >= 11 is 1.71. The van der Waals surface area contributed by atoms with Crippen molar-refractivity contribution in [1.29, 1.82) is 0 Å². The van der Waals surface area contributed by atoms with Crippen LogP contribution in [0.5, 0.6) is 0 Å². The lowest BCUT2D eigenvalue weighted by atomic mass is 10.3. The van der Waals surface area contributed by atoms with Crippen LogP contribution in [0.2, 0.25) is 0 Å². The molecule has 2 heterocycles. The highest BCUT2D eigenvalue weighted by Gasteiger charge is 2.21. The third-order valence-corrected chi connectivity index (χ3v) is 4.19. The Balaban J connectivity index is 1.82. The molecule has 4 nitrogen and oxygen atoms in total. The van der Waals surface area contributed by atoms with Gasteiger partial charge >= 0.3 is 0 Å². The summed E-state index contributed by atoms with van der Waals surface area (Å²) in [4.78, 5) is 10.3. The smallest absolute Gasteiger partial charge is 0.142 e. The van der Waals surface area contributed by atoms with E-state index in [1.807, 2.05) is 18.2 Å². The van der Waals surface area contributed by atoms with Crippen LogP contribution in [0, 0.1) is 0 Å². The van der Waals surface area contributed by atoms with Crippen LogP contribution in [0.3, 0.4) is 0 Å². The average molecular weight is 275 g/mol. The van der Waals surface area contributed by atoms with E-state index in [1.54, 1.807) is 24.6 Å². The quantitative estimate of drug-likeness (QED) is 0.880. The van der Waals surface area contributed by atoms with Gasteiger partial charge in [-0.3, -0.25) is 4.98 Å². The lowest BCUT2D eigenvalue weighted by molar-refractivity contribution is 0.181. The second-order valence-electron chi connectivity index (χ2n) is 4.69. The molecule has 100 valence electrons. The van der Waals surface area contributed by atoms with Gasteiger partial charge in [-0.2, -0.15) is 0 Å². The Morgan fingerprint density at radius 2 is 2.32 bits per heavy atom. The Morgan fingerprint density at radius 3 is 3.00 bits per heavy atom. The summed E-state index contributed by atoms with van der Waals surface area (Å²) in [6.45, 7) is 1.44. The first-order valence-corrected chi connectivity index (χ1v) is 7.31. The maximum atomic E-state index is 5.24. The van der Waals surface area contributed by atoms with Gasteiger partial charge in [-0.25, -0.2) is 4.98 Å². The Bertz CT molecular complexity index is 537. The van der Waals surface area contributed by atoms with Crippen molar-refractivity contribution in [3.05, 3.63) is 35.0 Å². The van der Waals surface area contributed by atoms with Gasteiger partial charge in [0.2, 0.25) is 0 Å². The van der Waals surface area contributed by atoms with Crippen molar-refractivity contribution in [2.24, 2.45) is 0 Å². The number of rotatable bonds is 6. The lowest BCUT2D eigenvalue weighted by Crippen LogP contribution is -2.15. The van der Waals surface area contributed by atoms with Crippen LogP contribution in [0.25, 0.3) is 10.7 Å². The largest absolute Gasteiger partial charge is 0.378 e.